The topological polar surface area (TPSA) is 98.8 Å². The minimum atomic E-state index is -0.472. The van der Waals surface area contributed by atoms with Crippen molar-refractivity contribution < 1.29 is 15.0 Å². The summed E-state index contributed by atoms with van der Waals surface area (Å²) in [5.41, 5.74) is 2.06. The zero-order chi connectivity index (χ0) is 10.7. The van der Waals surface area contributed by atoms with Gasteiger partial charge in [0.1, 0.15) is 0 Å². The molecule has 0 aromatic heterocycles. The van der Waals surface area contributed by atoms with E-state index < -0.39 is 12.1 Å². The molecule has 0 bridgehead atoms. The SMILES string of the molecule is CC(C(=O)NN)N1CC(O)CC1CO. The molecule has 0 radical (unpaired) electrons. The van der Waals surface area contributed by atoms with Gasteiger partial charge in [-0.1, -0.05) is 0 Å². The second-order valence-corrected chi connectivity index (χ2v) is 3.61. The molecule has 6 nitrogen and oxygen atoms in total. The van der Waals surface area contributed by atoms with Gasteiger partial charge in [0, 0.05) is 12.6 Å². The molecule has 3 unspecified atom stereocenters. The van der Waals surface area contributed by atoms with Crippen LogP contribution in [-0.2, 0) is 4.79 Å². The number of carbonyl (C=O) groups is 1. The number of nitrogens with zero attached hydrogens (tertiary/aromatic N) is 1. The standard InChI is InChI=1S/C8H17N3O3/c1-5(8(14)10-9)11-3-7(13)2-6(11)4-12/h5-7,12-13H,2-4,9H2,1H3,(H,10,14). The van der Waals surface area contributed by atoms with Gasteiger partial charge in [-0.15, -0.1) is 0 Å². The zero-order valence-electron chi connectivity index (χ0n) is 8.18. The normalized spacial score (nSPS) is 30.3. The highest BCUT2D eigenvalue weighted by Crippen LogP contribution is 2.20. The summed E-state index contributed by atoms with van der Waals surface area (Å²) in [6.07, 6.45) is 0.0266. The minimum absolute atomic E-state index is 0.0563. The van der Waals surface area contributed by atoms with Gasteiger partial charge < -0.3 is 10.2 Å². The molecule has 14 heavy (non-hydrogen) atoms. The molecule has 6 heteroatoms. The first-order valence-corrected chi connectivity index (χ1v) is 4.65. The van der Waals surface area contributed by atoms with E-state index in [9.17, 15) is 9.90 Å². The van der Waals surface area contributed by atoms with Crippen LogP contribution in [0.2, 0.25) is 0 Å². The second kappa shape index (κ2) is 4.70. The number of carbonyl (C=O) groups excluding carboxylic acids is 1. The fourth-order valence-corrected chi connectivity index (χ4v) is 1.84. The number of nitrogens with one attached hydrogen (secondary N) is 1. The second-order valence-electron chi connectivity index (χ2n) is 3.61. The van der Waals surface area contributed by atoms with Crippen LogP contribution in [-0.4, -0.2) is 52.4 Å². The van der Waals surface area contributed by atoms with Crippen molar-refractivity contribution >= 4 is 5.91 Å². The molecule has 1 heterocycles. The summed E-state index contributed by atoms with van der Waals surface area (Å²) in [7, 11) is 0. The highest BCUT2D eigenvalue weighted by Gasteiger charge is 2.35. The Hall–Kier alpha value is -0.690. The van der Waals surface area contributed by atoms with Crippen LogP contribution in [0.5, 0.6) is 0 Å². The summed E-state index contributed by atoms with van der Waals surface area (Å²) in [5, 5.41) is 18.4. The molecular weight excluding hydrogens is 186 g/mol. The smallest absolute Gasteiger partial charge is 0.250 e. The largest absolute Gasteiger partial charge is 0.395 e. The van der Waals surface area contributed by atoms with Gasteiger partial charge in [0.2, 0.25) is 0 Å². The predicted molar refractivity (Wildman–Crippen MR) is 50.0 cm³/mol. The van der Waals surface area contributed by atoms with Gasteiger partial charge >= 0.3 is 0 Å². The van der Waals surface area contributed by atoms with Crippen molar-refractivity contribution in [2.75, 3.05) is 13.2 Å². The quantitative estimate of drug-likeness (QED) is 0.237. The van der Waals surface area contributed by atoms with Gasteiger partial charge in [-0.25, -0.2) is 5.84 Å². The first-order chi connectivity index (χ1) is 6.60. The van der Waals surface area contributed by atoms with Crippen molar-refractivity contribution in [3.05, 3.63) is 0 Å². The average Bonchev–Trinajstić information content (AvgIpc) is 2.57. The van der Waals surface area contributed by atoms with Crippen molar-refractivity contribution in [1.29, 1.82) is 0 Å². The number of likely N-dealkylation sites (tertiary alicyclic amines) is 1. The third-order valence-electron chi connectivity index (χ3n) is 2.66. The maximum Gasteiger partial charge on any atom is 0.250 e. The molecule has 0 aromatic carbocycles. The van der Waals surface area contributed by atoms with E-state index in [0.717, 1.165) is 0 Å². The summed E-state index contributed by atoms with van der Waals surface area (Å²) >= 11 is 0. The number of hydrogen-bond donors (Lipinski definition) is 4. The third-order valence-corrected chi connectivity index (χ3v) is 2.66. The highest BCUT2D eigenvalue weighted by atomic mass is 16.3. The monoisotopic (exact) mass is 203 g/mol. The van der Waals surface area contributed by atoms with Gasteiger partial charge in [-0.05, 0) is 13.3 Å². The van der Waals surface area contributed by atoms with Crippen LogP contribution in [0.4, 0.5) is 0 Å². The van der Waals surface area contributed by atoms with E-state index >= 15 is 0 Å². The number of hydrazine groups is 1. The number of amides is 1. The fourth-order valence-electron chi connectivity index (χ4n) is 1.84. The summed E-state index contributed by atoms with van der Waals surface area (Å²) < 4.78 is 0. The Kier molecular flexibility index (Phi) is 3.82. The average molecular weight is 203 g/mol. The molecule has 0 aromatic rings. The molecule has 1 aliphatic heterocycles. The van der Waals surface area contributed by atoms with Crippen molar-refractivity contribution in [2.24, 2.45) is 5.84 Å². The van der Waals surface area contributed by atoms with Crippen molar-refractivity contribution in [1.82, 2.24) is 10.3 Å². The van der Waals surface area contributed by atoms with Crippen molar-refractivity contribution in [2.45, 2.75) is 31.5 Å². The number of hydrogen-bond acceptors (Lipinski definition) is 5. The van der Waals surface area contributed by atoms with Crippen LogP contribution in [0.3, 0.4) is 0 Å². The molecule has 1 rings (SSSR count). The molecule has 0 aliphatic carbocycles. The molecule has 82 valence electrons. The summed E-state index contributed by atoms with van der Waals surface area (Å²) in [6.45, 7) is 2.04. The summed E-state index contributed by atoms with van der Waals surface area (Å²) in [5.74, 6) is 4.70. The molecule has 1 fully saturated rings. The number of rotatable bonds is 3. The number of aliphatic hydroxyl groups excluding tert-OH is 2. The Morgan fingerprint density at radius 3 is 2.93 bits per heavy atom. The van der Waals surface area contributed by atoms with Crippen molar-refractivity contribution in [3.63, 3.8) is 0 Å². The highest BCUT2D eigenvalue weighted by molar-refractivity contribution is 5.80. The van der Waals surface area contributed by atoms with E-state index in [-0.39, 0.29) is 18.6 Å². The van der Waals surface area contributed by atoms with E-state index in [4.69, 9.17) is 10.9 Å². The lowest BCUT2D eigenvalue weighted by atomic mass is 10.2. The van der Waals surface area contributed by atoms with Crippen LogP contribution in [0.15, 0.2) is 0 Å². The molecule has 1 amide bonds. The fraction of sp³-hybridized carbons (Fsp3) is 0.875. The van der Waals surface area contributed by atoms with Gasteiger partial charge in [-0.3, -0.25) is 15.1 Å². The van der Waals surface area contributed by atoms with Gasteiger partial charge in [-0.2, -0.15) is 0 Å². The minimum Gasteiger partial charge on any atom is -0.395 e. The predicted octanol–water partition coefficient (Wildman–Crippen LogP) is -2.21. The zero-order valence-corrected chi connectivity index (χ0v) is 8.18. The number of β-amino-alcohol motifs (C(OH)–C–C–N with tert-alkyl or cyclic N) is 1. The Labute approximate surface area is 82.7 Å². The van der Waals surface area contributed by atoms with E-state index in [0.29, 0.717) is 13.0 Å². The Morgan fingerprint density at radius 2 is 2.43 bits per heavy atom. The Balaban J connectivity index is 2.61. The molecule has 3 atom stereocenters. The van der Waals surface area contributed by atoms with Crippen LogP contribution < -0.4 is 11.3 Å². The lowest BCUT2D eigenvalue weighted by Crippen LogP contribution is -2.50. The van der Waals surface area contributed by atoms with E-state index in [1.165, 1.54) is 0 Å². The molecule has 0 saturated carbocycles. The maximum atomic E-state index is 11.2. The number of nitrogens with two attached hydrogens (primary N) is 1. The summed E-state index contributed by atoms with van der Waals surface area (Å²) in [4.78, 5) is 13.0. The summed E-state index contributed by atoms with van der Waals surface area (Å²) in [6, 6.07) is -0.577. The van der Waals surface area contributed by atoms with Crippen LogP contribution in [0.25, 0.3) is 0 Å². The number of aliphatic hydroxyl groups is 2. The molecule has 0 spiro atoms. The maximum absolute atomic E-state index is 11.2. The van der Waals surface area contributed by atoms with Gasteiger partial charge in [0.25, 0.3) is 5.91 Å². The van der Waals surface area contributed by atoms with Gasteiger partial charge in [0.15, 0.2) is 0 Å². The molecular formula is C8H17N3O3. The molecule has 1 aliphatic rings. The van der Waals surface area contributed by atoms with E-state index in [2.05, 4.69) is 5.43 Å². The molecule has 5 N–H and O–H groups in total. The van der Waals surface area contributed by atoms with Crippen molar-refractivity contribution in [3.8, 4) is 0 Å². The first kappa shape index (κ1) is 11.4. The molecule has 1 saturated heterocycles. The Morgan fingerprint density at radius 1 is 1.79 bits per heavy atom. The van der Waals surface area contributed by atoms with Crippen LogP contribution in [0.1, 0.15) is 13.3 Å². The lowest BCUT2D eigenvalue weighted by molar-refractivity contribution is -0.126. The Bertz CT molecular complexity index is 212. The van der Waals surface area contributed by atoms with E-state index in [1.807, 2.05) is 0 Å². The van der Waals surface area contributed by atoms with Crippen LogP contribution in [0, 0.1) is 0 Å². The first-order valence-electron chi connectivity index (χ1n) is 4.65. The van der Waals surface area contributed by atoms with E-state index in [1.54, 1.807) is 11.8 Å². The van der Waals surface area contributed by atoms with Gasteiger partial charge in [0.05, 0.1) is 18.8 Å². The third kappa shape index (κ3) is 2.21. The van der Waals surface area contributed by atoms with Crippen LogP contribution >= 0.6 is 0 Å². The lowest BCUT2D eigenvalue weighted by Gasteiger charge is -2.27.